The second-order valence-electron chi connectivity index (χ2n) is 3.82. The highest BCUT2D eigenvalue weighted by Gasteiger charge is 2.09. The van der Waals surface area contributed by atoms with Gasteiger partial charge in [-0.1, -0.05) is 0 Å². The summed E-state index contributed by atoms with van der Waals surface area (Å²) in [7, 11) is 3.62. The van der Waals surface area contributed by atoms with Crippen LogP contribution in [0, 0.1) is 11.3 Å². The number of nitriles is 1. The summed E-state index contributed by atoms with van der Waals surface area (Å²) in [5, 5.41) is 11.7. The highest BCUT2D eigenvalue weighted by Crippen LogP contribution is 2.14. The largest absolute Gasteiger partial charge is 0.320 e. The zero-order valence-corrected chi connectivity index (χ0v) is 10.2. The van der Waals surface area contributed by atoms with Crippen molar-refractivity contribution in [1.29, 1.82) is 5.26 Å². The lowest BCUT2D eigenvalue weighted by molar-refractivity contribution is -0.118. The fraction of sp³-hybridized carbons (Fsp3) is 0.385. The van der Waals surface area contributed by atoms with Crippen LogP contribution in [-0.2, 0) is 4.79 Å². The van der Waals surface area contributed by atoms with Crippen LogP contribution in [0.5, 0.6) is 0 Å². The van der Waals surface area contributed by atoms with Crippen molar-refractivity contribution < 1.29 is 4.79 Å². The number of benzene rings is 1. The molecule has 0 aromatic heterocycles. The molecule has 0 fully saturated rings. The van der Waals surface area contributed by atoms with Crippen molar-refractivity contribution in [1.82, 2.24) is 5.32 Å². The minimum atomic E-state index is 0.0879. The third kappa shape index (κ3) is 3.89. The predicted octanol–water partition coefficient (Wildman–Crippen LogP) is 1.52. The lowest BCUT2D eigenvalue weighted by Crippen LogP contribution is -2.26. The van der Waals surface area contributed by atoms with E-state index in [0.717, 1.165) is 18.7 Å². The monoisotopic (exact) mass is 231 g/mol. The minimum Gasteiger partial charge on any atom is -0.320 e. The molecule has 1 amide bonds. The number of nitrogens with zero attached hydrogens (tertiary/aromatic N) is 2. The third-order valence-corrected chi connectivity index (χ3v) is 2.58. The van der Waals surface area contributed by atoms with Gasteiger partial charge in [0.2, 0.25) is 5.91 Å². The summed E-state index contributed by atoms with van der Waals surface area (Å²) in [5.74, 6) is 0.0879. The molecule has 0 saturated carbocycles. The maximum Gasteiger partial charge on any atom is 0.226 e. The van der Waals surface area contributed by atoms with Gasteiger partial charge >= 0.3 is 0 Å². The molecule has 17 heavy (non-hydrogen) atoms. The van der Waals surface area contributed by atoms with Crippen LogP contribution in [0.1, 0.15) is 18.4 Å². The zero-order valence-electron chi connectivity index (χ0n) is 10.2. The Morgan fingerprint density at radius 1 is 1.41 bits per heavy atom. The number of carbonyl (C=O) groups excluding carboxylic acids is 1. The summed E-state index contributed by atoms with van der Waals surface area (Å²) in [5.41, 5.74) is 1.42. The first-order valence-corrected chi connectivity index (χ1v) is 5.60. The number of nitrogens with one attached hydrogen (secondary N) is 1. The van der Waals surface area contributed by atoms with Crippen molar-refractivity contribution in [3.05, 3.63) is 29.8 Å². The molecular formula is C13H17N3O. The van der Waals surface area contributed by atoms with Crippen LogP contribution < -0.4 is 10.2 Å². The molecule has 1 N–H and O–H groups in total. The predicted molar refractivity (Wildman–Crippen MR) is 67.7 cm³/mol. The molecule has 0 aliphatic carbocycles. The molecule has 0 spiro atoms. The number of rotatable bonds is 5. The quantitative estimate of drug-likeness (QED) is 0.782. The van der Waals surface area contributed by atoms with Gasteiger partial charge in [-0.05, 0) is 44.3 Å². The van der Waals surface area contributed by atoms with Gasteiger partial charge in [-0.3, -0.25) is 4.79 Å². The van der Waals surface area contributed by atoms with Crippen molar-refractivity contribution in [3.63, 3.8) is 0 Å². The molecule has 0 aliphatic heterocycles. The summed E-state index contributed by atoms with van der Waals surface area (Å²) in [6.45, 7) is 0.840. The van der Waals surface area contributed by atoms with Gasteiger partial charge in [0.15, 0.2) is 0 Å². The van der Waals surface area contributed by atoms with Crippen LogP contribution in [-0.4, -0.2) is 26.5 Å². The van der Waals surface area contributed by atoms with Crippen LogP contribution in [0.15, 0.2) is 24.3 Å². The van der Waals surface area contributed by atoms with Gasteiger partial charge in [-0.2, -0.15) is 5.26 Å². The molecular weight excluding hydrogens is 214 g/mol. The Hall–Kier alpha value is -1.86. The number of anilines is 1. The number of carbonyl (C=O) groups is 1. The molecule has 90 valence electrons. The average Bonchev–Trinajstić information content (AvgIpc) is 2.38. The van der Waals surface area contributed by atoms with Crippen LogP contribution in [0.4, 0.5) is 5.69 Å². The van der Waals surface area contributed by atoms with E-state index in [1.165, 1.54) is 0 Å². The van der Waals surface area contributed by atoms with Crippen molar-refractivity contribution >= 4 is 11.6 Å². The van der Waals surface area contributed by atoms with Crippen LogP contribution in [0.2, 0.25) is 0 Å². The molecule has 4 heteroatoms. The fourth-order valence-electron chi connectivity index (χ4n) is 1.49. The number of hydrogen-bond donors (Lipinski definition) is 1. The first-order valence-electron chi connectivity index (χ1n) is 5.60. The van der Waals surface area contributed by atoms with E-state index in [1.54, 1.807) is 36.2 Å². The molecule has 0 saturated heterocycles. The Morgan fingerprint density at radius 2 is 2.06 bits per heavy atom. The Bertz CT molecular complexity index is 406. The van der Waals surface area contributed by atoms with E-state index in [0.29, 0.717) is 12.0 Å². The Balaban J connectivity index is 2.59. The van der Waals surface area contributed by atoms with E-state index in [9.17, 15) is 4.79 Å². The number of hydrogen-bond acceptors (Lipinski definition) is 3. The topological polar surface area (TPSA) is 56.1 Å². The molecule has 4 nitrogen and oxygen atoms in total. The lowest BCUT2D eigenvalue weighted by Gasteiger charge is -2.17. The lowest BCUT2D eigenvalue weighted by atomic mass is 10.2. The third-order valence-electron chi connectivity index (χ3n) is 2.58. The molecule has 0 bridgehead atoms. The SMILES string of the molecule is CNCCCC(=O)N(C)c1ccc(C#N)cc1. The minimum absolute atomic E-state index is 0.0879. The van der Waals surface area contributed by atoms with Crippen LogP contribution >= 0.6 is 0 Å². The first-order chi connectivity index (χ1) is 8.19. The van der Waals surface area contributed by atoms with E-state index >= 15 is 0 Å². The van der Waals surface area contributed by atoms with Gasteiger partial charge in [0.05, 0.1) is 11.6 Å². The van der Waals surface area contributed by atoms with E-state index in [4.69, 9.17) is 5.26 Å². The Labute approximate surface area is 102 Å². The molecule has 1 aromatic rings. The Morgan fingerprint density at radius 3 is 2.59 bits per heavy atom. The van der Waals surface area contributed by atoms with E-state index in [2.05, 4.69) is 11.4 Å². The van der Waals surface area contributed by atoms with Gasteiger partial charge in [0.1, 0.15) is 0 Å². The summed E-state index contributed by atoms with van der Waals surface area (Å²) in [4.78, 5) is 13.4. The van der Waals surface area contributed by atoms with E-state index in [-0.39, 0.29) is 5.91 Å². The van der Waals surface area contributed by atoms with Crippen LogP contribution in [0.3, 0.4) is 0 Å². The summed E-state index contributed by atoms with van der Waals surface area (Å²) >= 11 is 0. The molecule has 1 rings (SSSR count). The summed E-state index contributed by atoms with van der Waals surface area (Å²) < 4.78 is 0. The van der Waals surface area contributed by atoms with Gasteiger partial charge in [0, 0.05) is 19.2 Å². The highest BCUT2D eigenvalue weighted by atomic mass is 16.2. The summed E-state index contributed by atoms with van der Waals surface area (Å²) in [6, 6.07) is 9.05. The van der Waals surface area contributed by atoms with Crippen molar-refractivity contribution in [2.45, 2.75) is 12.8 Å². The highest BCUT2D eigenvalue weighted by molar-refractivity contribution is 5.92. The second kappa shape index (κ2) is 6.66. The molecule has 0 radical (unpaired) electrons. The molecule has 0 aliphatic rings. The average molecular weight is 231 g/mol. The Kier molecular flexibility index (Phi) is 5.18. The van der Waals surface area contributed by atoms with Crippen LogP contribution in [0.25, 0.3) is 0 Å². The second-order valence-corrected chi connectivity index (χ2v) is 3.82. The molecule has 1 aromatic carbocycles. The fourth-order valence-corrected chi connectivity index (χ4v) is 1.49. The molecule has 0 atom stereocenters. The summed E-state index contributed by atoms with van der Waals surface area (Å²) in [6.07, 6.45) is 1.35. The standard InChI is InChI=1S/C13H17N3O/c1-15-9-3-4-13(17)16(2)12-7-5-11(10-14)6-8-12/h5-8,15H,3-4,9H2,1-2H3. The normalized spacial score (nSPS) is 9.71. The van der Waals surface area contributed by atoms with Gasteiger partial charge in [-0.15, -0.1) is 0 Å². The molecule has 0 unspecified atom stereocenters. The van der Waals surface area contributed by atoms with Crippen molar-refractivity contribution in [2.75, 3.05) is 25.5 Å². The van der Waals surface area contributed by atoms with Gasteiger partial charge in [0.25, 0.3) is 0 Å². The smallest absolute Gasteiger partial charge is 0.226 e. The van der Waals surface area contributed by atoms with Gasteiger partial charge in [-0.25, -0.2) is 0 Å². The first kappa shape index (κ1) is 13.2. The van der Waals surface area contributed by atoms with Gasteiger partial charge < -0.3 is 10.2 Å². The van der Waals surface area contributed by atoms with E-state index in [1.807, 2.05) is 7.05 Å². The zero-order chi connectivity index (χ0) is 12.7. The maximum atomic E-state index is 11.8. The maximum absolute atomic E-state index is 11.8. The number of amides is 1. The van der Waals surface area contributed by atoms with E-state index < -0.39 is 0 Å². The van der Waals surface area contributed by atoms with Crippen molar-refractivity contribution in [3.8, 4) is 6.07 Å². The molecule has 0 heterocycles. The van der Waals surface area contributed by atoms with Crippen molar-refractivity contribution in [2.24, 2.45) is 0 Å².